The number of amides is 1. The number of rotatable bonds is 3. The standard InChI is InChI=1S/C14H15NO4/c1-10(14(18)19-2)15-13(17)12-7-5-11(6-8-12)4-3-9-16/h5-8,10,16H,9H2,1-2H3,(H,15,17). The number of aliphatic hydroxyl groups excluding tert-OH is 1. The van der Waals surface area contributed by atoms with Gasteiger partial charge in [0.15, 0.2) is 0 Å². The maximum atomic E-state index is 11.8. The topological polar surface area (TPSA) is 75.6 Å². The van der Waals surface area contributed by atoms with Gasteiger partial charge in [0.05, 0.1) is 7.11 Å². The Morgan fingerprint density at radius 1 is 1.37 bits per heavy atom. The molecule has 1 aromatic carbocycles. The van der Waals surface area contributed by atoms with Gasteiger partial charge in [-0.1, -0.05) is 11.8 Å². The number of ether oxygens (including phenoxy) is 1. The van der Waals surface area contributed by atoms with Crippen LogP contribution in [0.3, 0.4) is 0 Å². The molecule has 0 bridgehead atoms. The van der Waals surface area contributed by atoms with Gasteiger partial charge < -0.3 is 15.2 Å². The Hall–Kier alpha value is -2.32. The van der Waals surface area contributed by atoms with Gasteiger partial charge in [-0.2, -0.15) is 0 Å². The monoisotopic (exact) mass is 261 g/mol. The second-order valence-electron chi connectivity index (χ2n) is 3.76. The summed E-state index contributed by atoms with van der Waals surface area (Å²) in [6.07, 6.45) is 0. The molecule has 5 nitrogen and oxygen atoms in total. The summed E-state index contributed by atoms with van der Waals surface area (Å²) in [6.45, 7) is 1.34. The molecule has 0 aliphatic heterocycles. The van der Waals surface area contributed by atoms with Crippen molar-refractivity contribution in [3.05, 3.63) is 35.4 Å². The Balaban J connectivity index is 2.70. The zero-order chi connectivity index (χ0) is 14.3. The van der Waals surface area contributed by atoms with Crippen molar-refractivity contribution in [2.45, 2.75) is 13.0 Å². The van der Waals surface area contributed by atoms with E-state index < -0.39 is 12.0 Å². The molecule has 1 unspecified atom stereocenters. The first-order chi connectivity index (χ1) is 9.08. The fourth-order valence-corrected chi connectivity index (χ4v) is 1.36. The lowest BCUT2D eigenvalue weighted by Gasteiger charge is -2.11. The van der Waals surface area contributed by atoms with Crippen LogP contribution in [-0.4, -0.2) is 36.7 Å². The number of aliphatic hydroxyl groups is 1. The molecule has 0 saturated carbocycles. The highest BCUT2D eigenvalue weighted by atomic mass is 16.5. The maximum Gasteiger partial charge on any atom is 0.328 e. The van der Waals surface area contributed by atoms with E-state index in [0.717, 1.165) is 0 Å². The number of nitrogens with one attached hydrogen (secondary N) is 1. The van der Waals surface area contributed by atoms with E-state index in [-0.39, 0.29) is 12.5 Å². The Morgan fingerprint density at radius 3 is 2.53 bits per heavy atom. The molecule has 19 heavy (non-hydrogen) atoms. The van der Waals surface area contributed by atoms with Gasteiger partial charge in [0.1, 0.15) is 12.6 Å². The molecule has 1 rings (SSSR count). The van der Waals surface area contributed by atoms with Gasteiger partial charge in [-0.05, 0) is 31.2 Å². The third-order valence-electron chi connectivity index (χ3n) is 2.36. The van der Waals surface area contributed by atoms with Crippen LogP contribution in [0.1, 0.15) is 22.8 Å². The maximum absolute atomic E-state index is 11.8. The summed E-state index contributed by atoms with van der Waals surface area (Å²) in [5.41, 5.74) is 1.12. The van der Waals surface area contributed by atoms with E-state index in [1.165, 1.54) is 7.11 Å². The minimum absolute atomic E-state index is 0.209. The van der Waals surface area contributed by atoms with Crippen LogP contribution in [0.15, 0.2) is 24.3 Å². The normalized spacial score (nSPS) is 10.9. The largest absolute Gasteiger partial charge is 0.467 e. The smallest absolute Gasteiger partial charge is 0.328 e. The van der Waals surface area contributed by atoms with Crippen molar-refractivity contribution in [3.8, 4) is 11.8 Å². The number of hydrogen-bond acceptors (Lipinski definition) is 4. The van der Waals surface area contributed by atoms with E-state index in [2.05, 4.69) is 21.9 Å². The fraction of sp³-hybridized carbons (Fsp3) is 0.286. The van der Waals surface area contributed by atoms with Crippen LogP contribution in [-0.2, 0) is 9.53 Å². The summed E-state index contributed by atoms with van der Waals surface area (Å²) in [5, 5.41) is 11.1. The molecule has 0 aliphatic carbocycles. The van der Waals surface area contributed by atoms with Crippen molar-refractivity contribution in [3.63, 3.8) is 0 Å². The summed E-state index contributed by atoms with van der Waals surface area (Å²) in [7, 11) is 1.26. The van der Waals surface area contributed by atoms with Crippen LogP contribution in [0.4, 0.5) is 0 Å². The second kappa shape index (κ2) is 7.19. The molecule has 0 saturated heterocycles. The van der Waals surface area contributed by atoms with Crippen LogP contribution >= 0.6 is 0 Å². The lowest BCUT2D eigenvalue weighted by Crippen LogP contribution is -2.39. The van der Waals surface area contributed by atoms with Gasteiger partial charge in [-0.25, -0.2) is 4.79 Å². The first kappa shape index (κ1) is 14.7. The molecule has 5 heteroatoms. The van der Waals surface area contributed by atoms with Crippen molar-refractivity contribution in [1.29, 1.82) is 0 Å². The zero-order valence-corrected chi connectivity index (χ0v) is 10.8. The number of benzene rings is 1. The molecule has 1 amide bonds. The van der Waals surface area contributed by atoms with Crippen molar-refractivity contribution >= 4 is 11.9 Å². The molecule has 0 fully saturated rings. The Kier molecular flexibility index (Phi) is 5.58. The Labute approximate surface area is 111 Å². The zero-order valence-electron chi connectivity index (χ0n) is 10.8. The van der Waals surface area contributed by atoms with E-state index in [0.29, 0.717) is 11.1 Å². The molecule has 0 heterocycles. The Morgan fingerprint density at radius 2 is 2.00 bits per heavy atom. The predicted molar refractivity (Wildman–Crippen MR) is 69.4 cm³/mol. The molecular weight excluding hydrogens is 246 g/mol. The van der Waals surface area contributed by atoms with Gasteiger partial charge in [-0.3, -0.25) is 4.79 Å². The van der Waals surface area contributed by atoms with Crippen LogP contribution in [0.2, 0.25) is 0 Å². The summed E-state index contributed by atoms with van der Waals surface area (Å²) < 4.78 is 4.52. The second-order valence-corrected chi connectivity index (χ2v) is 3.76. The van der Waals surface area contributed by atoms with Crippen molar-refractivity contribution < 1.29 is 19.4 Å². The summed E-state index contributed by atoms with van der Waals surface area (Å²) in [4.78, 5) is 23.0. The number of methoxy groups -OCH3 is 1. The first-order valence-corrected chi connectivity index (χ1v) is 5.67. The van der Waals surface area contributed by atoms with Crippen molar-refractivity contribution in [2.24, 2.45) is 0 Å². The lowest BCUT2D eigenvalue weighted by molar-refractivity contribution is -0.142. The Bertz CT molecular complexity index is 510. The van der Waals surface area contributed by atoms with Crippen molar-refractivity contribution in [2.75, 3.05) is 13.7 Å². The van der Waals surface area contributed by atoms with Gasteiger partial charge in [0.25, 0.3) is 5.91 Å². The highest BCUT2D eigenvalue weighted by Gasteiger charge is 2.16. The molecular formula is C14H15NO4. The average molecular weight is 261 g/mol. The number of esters is 1. The van der Waals surface area contributed by atoms with E-state index in [1.54, 1.807) is 31.2 Å². The summed E-state index contributed by atoms with van der Waals surface area (Å²) >= 11 is 0. The van der Waals surface area contributed by atoms with Crippen LogP contribution in [0.5, 0.6) is 0 Å². The molecule has 100 valence electrons. The number of hydrogen-bond donors (Lipinski definition) is 2. The van der Waals surface area contributed by atoms with Gasteiger partial charge >= 0.3 is 5.97 Å². The molecule has 0 aromatic heterocycles. The molecule has 0 spiro atoms. The third-order valence-corrected chi connectivity index (χ3v) is 2.36. The molecule has 2 N–H and O–H groups in total. The summed E-state index contributed by atoms with van der Waals surface area (Å²) in [5.74, 6) is 4.37. The molecule has 1 aromatic rings. The number of carbonyl (C=O) groups is 2. The third kappa shape index (κ3) is 4.45. The number of carbonyl (C=O) groups excluding carboxylic acids is 2. The van der Waals surface area contributed by atoms with Gasteiger partial charge in [0, 0.05) is 11.1 Å². The minimum atomic E-state index is -0.702. The quantitative estimate of drug-likeness (QED) is 0.607. The van der Waals surface area contributed by atoms with Crippen molar-refractivity contribution in [1.82, 2.24) is 5.32 Å². The minimum Gasteiger partial charge on any atom is -0.467 e. The van der Waals surface area contributed by atoms with Gasteiger partial charge in [0.2, 0.25) is 0 Å². The molecule has 0 radical (unpaired) electrons. The first-order valence-electron chi connectivity index (χ1n) is 5.67. The predicted octanol–water partition coefficient (Wildman–Crippen LogP) is 0.322. The van der Waals surface area contributed by atoms with E-state index in [9.17, 15) is 9.59 Å². The van der Waals surface area contributed by atoms with Crippen LogP contribution in [0, 0.1) is 11.8 Å². The highest BCUT2D eigenvalue weighted by molar-refractivity contribution is 5.96. The highest BCUT2D eigenvalue weighted by Crippen LogP contribution is 2.04. The molecule has 0 aliphatic rings. The van der Waals surface area contributed by atoms with E-state index in [1.807, 2.05) is 0 Å². The SMILES string of the molecule is COC(=O)C(C)NC(=O)c1ccc(C#CCO)cc1. The van der Waals surface area contributed by atoms with Crippen LogP contribution < -0.4 is 5.32 Å². The van der Waals surface area contributed by atoms with Crippen LogP contribution in [0.25, 0.3) is 0 Å². The lowest BCUT2D eigenvalue weighted by atomic mass is 10.1. The van der Waals surface area contributed by atoms with E-state index >= 15 is 0 Å². The van der Waals surface area contributed by atoms with E-state index in [4.69, 9.17) is 5.11 Å². The fourth-order valence-electron chi connectivity index (χ4n) is 1.36. The summed E-state index contributed by atoms with van der Waals surface area (Å²) in [6, 6.07) is 5.83. The molecule has 1 atom stereocenters. The average Bonchev–Trinajstić information content (AvgIpc) is 2.44. The van der Waals surface area contributed by atoms with Gasteiger partial charge in [-0.15, -0.1) is 0 Å².